The molecular weight excluding hydrogens is 314 g/mol. The Kier molecular flexibility index (Phi) is 6.75. The summed E-state index contributed by atoms with van der Waals surface area (Å²) in [7, 11) is 0. The first-order chi connectivity index (χ1) is 8.54. The number of hydrogen-bond donors (Lipinski definition) is 2. The van der Waals surface area contributed by atoms with Crippen molar-refractivity contribution in [3.8, 4) is 0 Å². The summed E-state index contributed by atoms with van der Waals surface area (Å²) in [5.74, 6) is 0.470. The quantitative estimate of drug-likeness (QED) is 0.787. The second-order valence-corrected chi connectivity index (χ2v) is 5.90. The van der Waals surface area contributed by atoms with Gasteiger partial charge in [0.05, 0.1) is 11.9 Å². The number of nitrogens with one attached hydrogen (secondary N) is 1. The zero-order valence-electron chi connectivity index (χ0n) is 10.6. The van der Waals surface area contributed by atoms with E-state index in [0.717, 1.165) is 27.9 Å². The Hall–Kier alpha value is -0.520. The maximum Gasteiger partial charge on any atom is 0.230 e. The lowest BCUT2D eigenvalue weighted by Crippen LogP contribution is -2.25. The number of thioether (sulfide) groups is 1. The minimum Gasteiger partial charge on any atom is -0.389 e. The number of aliphatic hydroxyl groups excluding tert-OH is 1. The van der Waals surface area contributed by atoms with Crippen LogP contribution >= 0.6 is 27.7 Å². The van der Waals surface area contributed by atoms with Gasteiger partial charge in [-0.2, -0.15) is 0 Å². The lowest BCUT2D eigenvalue weighted by atomic mass is 10.1. The molecule has 1 atom stereocenters. The van der Waals surface area contributed by atoms with E-state index in [-0.39, 0.29) is 5.91 Å². The minimum absolute atomic E-state index is 0.0533. The second-order valence-electron chi connectivity index (χ2n) is 4.00. The van der Waals surface area contributed by atoms with Gasteiger partial charge in [-0.15, -0.1) is 11.8 Å². The van der Waals surface area contributed by atoms with Crippen molar-refractivity contribution >= 4 is 33.6 Å². The van der Waals surface area contributed by atoms with Gasteiger partial charge in [0, 0.05) is 15.9 Å². The van der Waals surface area contributed by atoms with E-state index in [1.165, 1.54) is 11.8 Å². The molecule has 18 heavy (non-hydrogen) atoms. The van der Waals surface area contributed by atoms with Gasteiger partial charge in [-0.05, 0) is 31.0 Å². The molecule has 0 radical (unpaired) electrons. The van der Waals surface area contributed by atoms with Crippen molar-refractivity contribution in [2.24, 2.45) is 0 Å². The highest BCUT2D eigenvalue weighted by molar-refractivity contribution is 9.10. The molecule has 0 saturated heterocycles. The fourth-order valence-electron chi connectivity index (χ4n) is 1.40. The molecule has 0 aliphatic rings. The van der Waals surface area contributed by atoms with E-state index in [0.29, 0.717) is 5.75 Å². The van der Waals surface area contributed by atoms with Gasteiger partial charge in [0.2, 0.25) is 5.91 Å². The largest absolute Gasteiger partial charge is 0.389 e. The molecular formula is C13H18BrNO2S. The summed E-state index contributed by atoms with van der Waals surface area (Å²) in [6.45, 7) is 4.48. The SMILES string of the molecule is CCCNC(=O)CSc1ccc([C@H](C)O)c(Br)c1. The van der Waals surface area contributed by atoms with Crippen LogP contribution in [-0.4, -0.2) is 23.3 Å². The van der Waals surface area contributed by atoms with E-state index in [2.05, 4.69) is 21.2 Å². The topological polar surface area (TPSA) is 49.3 Å². The van der Waals surface area contributed by atoms with Gasteiger partial charge in [-0.3, -0.25) is 4.79 Å². The van der Waals surface area contributed by atoms with E-state index in [1.54, 1.807) is 6.92 Å². The van der Waals surface area contributed by atoms with Crippen LogP contribution in [0.25, 0.3) is 0 Å². The van der Waals surface area contributed by atoms with Gasteiger partial charge < -0.3 is 10.4 Å². The Labute approximate surface area is 120 Å². The van der Waals surface area contributed by atoms with E-state index in [4.69, 9.17) is 0 Å². The Morgan fingerprint density at radius 1 is 1.56 bits per heavy atom. The molecule has 0 aliphatic heterocycles. The smallest absolute Gasteiger partial charge is 0.230 e. The molecule has 0 spiro atoms. The Bertz CT molecular complexity index is 410. The molecule has 1 aromatic carbocycles. The van der Waals surface area contributed by atoms with Gasteiger partial charge >= 0.3 is 0 Å². The Morgan fingerprint density at radius 3 is 2.83 bits per heavy atom. The number of halogens is 1. The normalized spacial score (nSPS) is 12.2. The van der Waals surface area contributed by atoms with Crippen LogP contribution in [0.2, 0.25) is 0 Å². The van der Waals surface area contributed by atoms with Gasteiger partial charge in [-0.25, -0.2) is 0 Å². The minimum atomic E-state index is -0.494. The van der Waals surface area contributed by atoms with Crippen molar-refractivity contribution in [2.45, 2.75) is 31.3 Å². The summed E-state index contributed by atoms with van der Waals surface area (Å²) < 4.78 is 0.872. The van der Waals surface area contributed by atoms with E-state index in [9.17, 15) is 9.90 Å². The third-order valence-electron chi connectivity index (χ3n) is 2.36. The zero-order valence-corrected chi connectivity index (χ0v) is 13.0. The average molecular weight is 332 g/mol. The molecule has 1 rings (SSSR count). The van der Waals surface area contributed by atoms with E-state index < -0.39 is 6.10 Å². The van der Waals surface area contributed by atoms with Crippen LogP contribution in [0.5, 0.6) is 0 Å². The van der Waals surface area contributed by atoms with Crippen LogP contribution in [0, 0.1) is 0 Å². The molecule has 0 fully saturated rings. The van der Waals surface area contributed by atoms with Crippen LogP contribution in [0.1, 0.15) is 31.9 Å². The third-order valence-corrected chi connectivity index (χ3v) is 4.04. The van der Waals surface area contributed by atoms with Crippen LogP contribution in [0.4, 0.5) is 0 Å². The molecule has 0 aromatic heterocycles. The number of rotatable bonds is 6. The molecule has 0 heterocycles. The first-order valence-corrected chi connectivity index (χ1v) is 7.69. The Balaban J connectivity index is 2.53. The van der Waals surface area contributed by atoms with Gasteiger partial charge in [0.15, 0.2) is 0 Å². The molecule has 0 aliphatic carbocycles. The molecule has 1 amide bonds. The second kappa shape index (κ2) is 7.81. The summed E-state index contributed by atoms with van der Waals surface area (Å²) in [5.41, 5.74) is 0.856. The summed E-state index contributed by atoms with van der Waals surface area (Å²) in [5, 5.41) is 12.3. The van der Waals surface area contributed by atoms with E-state index >= 15 is 0 Å². The fraction of sp³-hybridized carbons (Fsp3) is 0.462. The highest BCUT2D eigenvalue weighted by atomic mass is 79.9. The van der Waals surface area contributed by atoms with Crippen molar-refractivity contribution in [3.63, 3.8) is 0 Å². The maximum atomic E-state index is 11.5. The Morgan fingerprint density at radius 2 is 2.28 bits per heavy atom. The third kappa shape index (κ3) is 5.00. The zero-order chi connectivity index (χ0) is 13.5. The number of carbonyl (C=O) groups excluding carboxylic acids is 1. The fourth-order valence-corrected chi connectivity index (χ4v) is 3.03. The highest BCUT2D eigenvalue weighted by Gasteiger charge is 2.08. The number of benzene rings is 1. The molecule has 2 N–H and O–H groups in total. The van der Waals surface area contributed by atoms with Gasteiger partial charge in [0.1, 0.15) is 0 Å². The average Bonchev–Trinajstić information content (AvgIpc) is 2.33. The van der Waals surface area contributed by atoms with Crippen LogP contribution in [0.3, 0.4) is 0 Å². The van der Waals surface area contributed by atoms with Crippen molar-refractivity contribution in [2.75, 3.05) is 12.3 Å². The van der Waals surface area contributed by atoms with Crippen molar-refractivity contribution in [1.29, 1.82) is 0 Å². The number of amides is 1. The van der Waals surface area contributed by atoms with E-state index in [1.807, 2.05) is 25.1 Å². The molecule has 0 unspecified atom stereocenters. The summed E-state index contributed by atoms with van der Waals surface area (Å²) in [6, 6.07) is 5.73. The van der Waals surface area contributed by atoms with Crippen molar-refractivity contribution in [3.05, 3.63) is 28.2 Å². The number of hydrogen-bond acceptors (Lipinski definition) is 3. The molecule has 0 bridgehead atoms. The molecule has 5 heteroatoms. The monoisotopic (exact) mass is 331 g/mol. The summed E-state index contributed by atoms with van der Waals surface area (Å²) in [6.07, 6.45) is 0.455. The molecule has 100 valence electrons. The molecule has 3 nitrogen and oxygen atoms in total. The molecule has 0 saturated carbocycles. The maximum absolute atomic E-state index is 11.5. The summed E-state index contributed by atoms with van der Waals surface area (Å²) >= 11 is 4.91. The highest BCUT2D eigenvalue weighted by Crippen LogP contribution is 2.28. The molecule has 1 aromatic rings. The van der Waals surface area contributed by atoms with Gasteiger partial charge in [0.25, 0.3) is 0 Å². The first kappa shape index (κ1) is 15.5. The lowest BCUT2D eigenvalue weighted by molar-refractivity contribution is -0.118. The van der Waals surface area contributed by atoms with Crippen LogP contribution < -0.4 is 5.32 Å². The number of carbonyl (C=O) groups is 1. The van der Waals surface area contributed by atoms with Crippen molar-refractivity contribution in [1.82, 2.24) is 5.32 Å². The van der Waals surface area contributed by atoms with Crippen LogP contribution in [-0.2, 0) is 4.79 Å². The summed E-state index contributed by atoms with van der Waals surface area (Å²) in [4.78, 5) is 12.5. The standard InChI is InChI=1S/C13H18BrNO2S/c1-3-6-15-13(17)8-18-10-4-5-11(9(2)16)12(14)7-10/h4-5,7,9,16H,3,6,8H2,1-2H3,(H,15,17)/t9-/m0/s1. The van der Waals surface area contributed by atoms with Crippen LogP contribution in [0.15, 0.2) is 27.6 Å². The van der Waals surface area contributed by atoms with Crippen molar-refractivity contribution < 1.29 is 9.90 Å². The predicted octanol–water partition coefficient (Wildman–Crippen LogP) is 3.12. The predicted molar refractivity (Wildman–Crippen MR) is 78.8 cm³/mol. The first-order valence-electron chi connectivity index (χ1n) is 5.91. The van der Waals surface area contributed by atoms with Gasteiger partial charge in [-0.1, -0.05) is 28.9 Å². The number of aliphatic hydroxyl groups is 1. The lowest BCUT2D eigenvalue weighted by Gasteiger charge is -2.09.